The minimum Gasteiger partial charge on any atom is -0.493 e. The van der Waals surface area contributed by atoms with E-state index in [0.717, 1.165) is 44.2 Å². The number of urea groups is 1. The molecule has 1 saturated heterocycles. The van der Waals surface area contributed by atoms with Crippen molar-refractivity contribution >= 4 is 6.03 Å². The molecule has 0 aromatic heterocycles. The molecule has 2 fully saturated rings. The Labute approximate surface area is 282 Å². The summed E-state index contributed by atoms with van der Waals surface area (Å²) in [6.07, 6.45) is -4.50. The average Bonchev–Trinajstić information content (AvgIpc) is 3.53. The number of aliphatic hydroxyl groups is 1. The second kappa shape index (κ2) is 14.8. The summed E-state index contributed by atoms with van der Waals surface area (Å²) in [5, 5.41) is 13.1. The predicted octanol–water partition coefficient (Wildman–Crippen LogP) is 8.22. The van der Waals surface area contributed by atoms with Crippen molar-refractivity contribution in [1.29, 1.82) is 0 Å². The first-order chi connectivity index (χ1) is 23.2. The van der Waals surface area contributed by atoms with Gasteiger partial charge in [0.2, 0.25) is 6.79 Å². The molecule has 1 saturated carbocycles. The lowest BCUT2D eigenvalue weighted by Crippen LogP contribution is -2.58. The minimum atomic E-state index is -5.98. The van der Waals surface area contributed by atoms with Gasteiger partial charge in [0.25, 0.3) is 5.60 Å². The van der Waals surface area contributed by atoms with E-state index in [9.17, 15) is 36.2 Å². The average molecular weight is 703 g/mol. The van der Waals surface area contributed by atoms with Gasteiger partial charge in [-0.1, -0.05) is 51.5 Å². The van der Waals surface area contributed by atoms with Gasteiger partial charge in [-0.3, -0.25) is 0 Å². The van der Waals surface area contributed by atoms with E-state index in [4.69, 9.17) is 18.9 Å². The van der Waals surface area contributed by atoms with Crippen molar-refractivity contribution in [3.8, 4) is 17.2 Å². The standard InChI is InChI=1S/C35H44F6N2O6/c1-3-9-24-18-27(33(45,34(36,37)38)35(39,40)41)19-25(13-12-23-10-5-4-6-11-23)30(24)46-17-8-7-16-43-21-49-32(2,42-31(43)44)26-14-15-28-29(20-26)48-22-47-28/h14-15,18-20,23,45H,3-13,16-17,21-22H2,1-2H3,(H,42,44). The zero-order valence-corrected chi connectivity index (χ0v) is 27.8. The fourth-order valence-corrected chi connectivity index (χ4v) is 6.79. The second-order valence-corrected chi connectivity index (χ2v) is 13.2. The van der Waals surface area contributed by atoms with Crippen molar-refractivity contribution in [2.24, 2.45) is 5.92 Å². The fourth-order valence-electron chi connectivity index (χ4n) is 6.79. The van der Waals surface area contributed by atoms with Crippen molar-refractivity contribution in [3.63, 3.8) is 0 Å². The number of halogens is 6. The maximum Gasteiger partial charge on any atom is 0.430 e. The lowest BCUT2D eigenvalue weighted by Gasteiger charge is -2.40. The van der Waals surface area contributed by atoms with Crippen LogP contribution in [0.15, 0.2) is 30.3 Å². The molecule has 0 spiro atoms. The molecule has 2 N–H and O–H groups in total. The number of ether oxygens (including phenoxy) is 4. The zero-order valence-electron chi connectivity index (χ0n) is 27.8. The largest absolute Gasteiger partial charge is 0.493 e. The Morgan fingerprint density at radius 1 is 0.959 bits per heavy atom. The molecule has 2 aromatic carbocycles. The minimum absolute atomic E-state index is 0.0202. The molecule has 2 heterocycles. The normalized spacial score (nSPS) is 20.4. The van der Waals surface area contributed by atoms with Gasteiger partial charge in [0.1, 0.15) is 12.5 Å². The SMILES string of the molecule is CCCc1cc(C(O)(C(F)(F)F)C(F)(F)F)cc(CCC2CCCCC2)c1OCCCCN1COC(C)(c2ccc3c(c2)OCO3)NC1=O. The molecule has 3 aliphatic rings. The first kappa shape index (κ1) is 36.9. The van der Waals surface area contributed by atoms with Gasteiger partial charge in [-0.15, -0.1) is 0 Å². The molecule has 14 heteroatoms. The number of aryl methyl sites for hydroxylation is 2. The summed E-state index contributed by atoms with van der Waals surface area (Å²) < 4.78 is 106. The molecule has 272 valence electrons. The van der Waals surface area contributed by atoms with Crippen molar-refractivity contribution in [3.05, 3.63) is 52.6 Å². The number of benzene rings is 2. The van der Waals surface area contributed by atoms with Gasteiger partial charge in [-0.25, -0.2) is 4.79 Å². The van der Waals surface area contributed by atoms with Crippen LogP contribution < -0.4 is 19.5 Å². The third kappa shape index (κ3) is 8.00. The smallest absolute Gasteiger partial charge is 0.430 e. The number of rotatable bonds is 13. The molecule has 49 heavy (non-hydrogen) atoms. The van der Waals surface area contributed by atoms with Crippen molar-refractivity contribution in [2.45, 2.75) is 108 Å². The van der Waals surface area contributed by atoms with E-state index in [2.05, 4.69) is 5.32 Å². The number of hydrogen-bond acceptors (Lipinski definition) is 6. The number of carbonyl (C=O) groups is 1. The Bertz CT molecular complexity index is 1450. The van der Waals surface area contributed by atoms with Gasteiger partial charge >= 0.3 is 18.4 Å². The van der Waals surface area contributed by atoms with E-state index in [-0.39, 0.29) is 55.9 Å². The van der Waals surface area contributed by atoms with E-state index < -0.39 is 29.2 Å². The second-order valence-electron chi connectivity index (χ2n) is 13.2. The van der Waals surface area contributed by atoms with Crippen LogP contribution in [0.25, 0.3) is 0 Å². The highest BCUT2D eigenvalue weighted by Gasteiger charge is 2.71. The van der Waals surface area contributed by atoms with Crippen molar-refractivity contribution in [1.82, 2.24) is 10.2 Å². The number of fused-ring (bicyclic) bond motifs is 1. The molecular formula is C35H44F6N2O6. The molecule has 5 rings (SSSR count). The van der Waals surface area contributed by atoms with Gasteiger partial charge in [-0.2, -0.15) is 26.3 Å². The number of amides is 2. The van der Waals surface area contributed by atoms with Gasteiger partial charge in [0.15, 0.2) is 17.2 Å². The van der Waals surface area contributed by atoms with Crippen LogP contribution in [0, 0.1) is 5.92 Å². The zero-order chi connectivity index (χ0) is 35.5. The van der Waals surface area contributed by atoms with E-state index in [1.54, 1.807) is 32.0 Å². The monoisotopic (exact) mass is 702 g/mol. The van der Waals surface area contributed by atoms with Crippen molar-refractivity contribution in [2.75, 3.05) is 26.7 Å². The first-order valence-corrected chi connectivity index (χ1v) is 16.9. The van der Waals surface area contributed by atoms with Gasteiger partial charge in [0, 0.05) is 17.7 Å². The van der Waals surface area contributed by atoms with E-state index >= 15 is 0 Å². The lowest BCUT2D eigenvalue weighted by atomic mass is 9.83. The van der Waals surface area contributed by atoms with E-state index in [1.165, 1.54) is 4.90 Å². The molecular weight excluding hydrogens is 658 g/mol. The molecule has 2 amide bonds. The number of unbranched alkanes of at least 4 members (excludes halogenated alkanes) is 1. The van der Waals surface area contributed by atoms with Crippen LogP contribution in [0.5, 0.6) is 17.2 Å². The Morgan fingerprint density at radius 3 is 2.29 bits per heavy atom. The Kier molecular flexibility index (Phi) is 11.2. The number of hydrogen-bond donors (Lipinski definition) is 2. The van der Waals surface area contributed by atoms with E-state index in [0.29, 0.717) is 55.2 Å². The molecule has 1 aliphatic carbocycles. The molecule has 2 aromatic rings. The van der Waals surface area contributed by atoms with Crippen LogP contribution in [0.1, 0.15) is 93.9 Å². The molecule has 1 unspecified atom stereocenters. The Hall–Kier alpha value is -3.39. The van der Waals surface area contributed by atoms with Crippen LogP contribution in [0.2, 0.25) is 0 Å². The molecule has 0 radical (unpaired) electrons. The number of nitrogens with zero attached hydrogens (tertiary/aromatic N) is 1. The number of nitrogens with one attached hydrogen (secondary N) is 1. The number of carbonyl (C=O) groups excluding carboxylic acids is 1. The quantitative estimate of drug-likeness (QED) is 0.162. The van der Waals surface area contributed by atoms with Gasteiger partial charge in [-0.05, 0) is 80.3 Å². The molecule has 0 bridgehead atoms. The summed E-state index contributed by atoms with van der Waals surface area (Å²) in [7, 11) is 0. The van der Waals surface area contributed by atoms with Gasteiger partial charge in [0.05, 0.1) is 6.61 Å². The van der Waals surface area contributed by atoms with Crippen LogP contribution in [0.3, 0.4) is 0 Å². The van der Waals surface area contributed by atoms with Crippen LogP contribution in [0.4, 0.5) is 31.1 Å². The maximum atomic E-state index is 13.9. The lowest BCUT2D eigenvalue weighted by molar-refractivity contribution is -0.376. The Morgan fingerprint density at radius 2 is 1.63 bits per heavy atom. The van der Waals surface area contributed by atoms with Crippen LogP contribution in [-0.4, -0.2) is 55.1 Å². The topological polar surface area (TPSA) is 89.5 Å². The van der Waals surface area contributed by atoms with Gasteiger partial charge < -0.3 is 34.3 Å². The Balaban J connectivity index is 1.25. The highest BCUT2D eigenvalue weighted by molar-refractivity contribution is 5.75. The summed E-state index contributed by atoms with van der Waals surface area (Å²) >= 11 is 0. The summed E-state index contributed by atoms with van der Waals surface area (Å²) in [6, 6.07) is 6.57. The fraction of sp³-hybridized carbons (Fsp3) is 0.629. The third-order valence-corrected chi connectivity index (χ3v) is 9.68. The molecule has 2 aliphatic heterocycles. The molecule has 1 atom stereocenters. The predicted molar refractivity (Wildman–Crippen MR) is 167 cm³/mol. The number of alkyl halides is 6. The summed E-state index contributed by atoms with van der Waals surface area (Å²) in [4.78, 5) is 14.5. The van der Waals surface area contributed by atoms with E-state index in [1.807, 2.05) is 0 Å². The third-order valence-electron chi connectivity index (χ3n) is 9.68. The summed E-state index contributed by atoms with van der Waals surface area (Å²) in [6.45, 7) is 4.09. The highest BCUT2D eigenvalue weighted by atomic mass is 19.4. The highest BCUT2D eigenvalue weighted by Crippen LogP contribution is 2.51. The summed E-state index contributed by atoms with van der Waals surface area (Å²) in [5.74, 6) is 1.75. The summed E-state index contributed by atoms with van der Waals surface area (Å²) in [5.41, 5.74) is -6.24. The van der Waals surface area contributed by atoms with Crippen LogP contribution in [-0.2, 0) is 28.9 Å². The van der Waals surface area contributed by atoms with Crippen molar-refractivity contribution < 1.29 is 55.2 Å². The first-order valence-electron chi connectivity index (χ1n) is 16.9. The van der Waals surface area contributed by atoms with Crippen LogP contribution >= 0.6 is 0 Å². The molecule has 8 nitrogen and oxygen atoms in total. The maximum absolute atomic E-state index is 13.9.